The molecule has 1 fully saturated rings. The molecule has 0 unspecified atom stereocenters. The van der Waals surface area contributed by atoms with Gasteiger partial charge >= 0.3 is 5.97 Å². The number of carbonyl (C=O) groups is 3. The van der Waals surface area contributed by atoms with E-state index in [1.807, 2.05) is 0 Å². The van der Waals surface area contributed by atoms with Crippen molar-refractivity contribution in [3.05, 3.63) is 109 Å². The van der Waals surface area contributed by atoms with E-state index in [9.17, 15) is 34.6 Å². The van der Waals surface area contributed by atoms with Gasteiger partial charge < -0.3 is 9.47 Å². The van der Waals surface area contributed by atoms with Gasteiger partial charge in [0.1, 0.15) is 0 Å². The Balaban J connectivity index is 1.51. The summed E-state index contributed by atoms with van der Waals surface area (Å²) in [5.74, 6) is -1.14. The zero-order chi connectivity index (χ0) is 27.4. The van der Waals surface area contributed by atoms with E-state index in [0.29, 0.717) is 17.3 Å². The molecule has 0 bridgehead atoms. The van der Waals surface area contributed by atoms with E-state index in [1.54, 1.807) is 6.07 Å². The number of imide groups is 1. The fourth-order valence-electron chi connectivity index (χ4n) is 3.52. The number of nitro groups is 2. The molecule has 0 aliphatic carbocycles. The second-order valence-electron chi connectivity index (χ2n) is 7.76. The number of esters is 1. The summed E-state index contributed by atoms with van der Waals surface area (Å²) in [6, 6.07) is 15.2. The first-order valence-electron chi connectivity index (χ1n) is 10.8. The topological polar surface area (TPSA) is 159 Å². The Bertz CT molecular complexity index is 1500. The summed E-state index contributed by atoms with van der Waals surface area (Å²) in [5.41, 5.74) is 0.415. The smallest absolute Gasteiger partial charge is 0.343 e. The molecule has 0 N–H and O–H groups in total. The van der Waals surface area contributed by atoms with Crippen molar-refractivity contribution in [2.45, 2.75) is 6.54 Å². The fourth-order valence-corrected chi connectivity index (χ4v) is 4.36. The molecule has 0 aromatic heterocycles. The molecular formula is C25H17N3O9S. The summed E-state index contributed by atoms with van der Waals surface area (Å²) in [7, 11) is 1.35. The molecule has 1 saturated heterocycles. The Hall–Kier alpha value is -5.04. The Labute approximate surface area is 218 Å². The van der Waals surface area contributed by atoms with Crippen molar-refractivity contribution < 1.29 is 33.7 Å². The van der Waals surface area contributed by atoms with Crippen LogP contribution in [-0.4, -0.2) is 39.0 Å². The number of amides is 2. The van der Waals surface area contributed by atoms with Crippen molar-refractivity contribution in [3.63, 3.8) is 0 Å². The summed E-state index contributed by atoms with van der Waals surface area (Å²) in [6.45, 7) is -0.250. The zero-order valence-corrected chi connectivity index (χ0v) is 20.4. The fraction of sp³-hybridized carbons (Fsp3) is 0.0800. The highest BCUT2D eigenvalue weighted by atomic mass is 32.2. The highest BCUT2D eigenvalue weighted by molar-refractivity contribution is 8.18. The molecule has 38 heavy (non-hydrogen) atoms. The molecule has 3 aromatic carbocycles. The highest BCUT2D eigenvalue weighted by Gasteiger charge is 2.36. The highest BCUT2D eigenvalue weighted by Crippen LogP contribution is 2.36. The van der Waals surface area contributed by atoms with Crippen molar-refractivity contribution in [2.24, 2.45) is 0 Å². The summed E-state index contributed by atoms with van der Waals surface area (Å²) >= 11 is 0.693. The molecular weight excluding hydrogens is 518 g/mol. The van der Waals surface area contributed by atoms with Crippen LogP contribution in [0.4, 0.5) is 16.2 Å². The quantitative estimate of drug-likeness (QED) is 0.127. The molecule has 0 atom stereocenters. The Kier molecular flexibility index (Phi) is 7.48. The van der Waals surface area contributed by atoms with Crippen molar-refractivity contribution in [2.75, 3.05) is 7.11 Å². The lowest BCUT2D eigenvalue weighted by Gasteiger charge is -2.12. The number of hydrogen-bond donors (Lipinski definition) is 0. The first kappa shape index (κ1) is 26.0. The van der Waals surface area contributed by atoms with E-state index in [2.05, 4.69) is 0 Å². The Morgan fingerprint density at radius 1 is 0.974 bits per heavy atom. The van der Waals surface area contributed by atoms with Gasteiger partial charge in [0, 0.05) is 23.8 Å². The number of carbonyl (C=O) groups excluding carboxylic acids is 3. The van der Waals surface area contributed by atoms with Crippen molar-refractivity contribution in [3.8, 4) is 11.5 Å². The molecule has 0 saturated carbocycles. The van der Waals surface area contributed by atoms with Gasteiger partial charge in [-0.3, -0.25) is 34.7 Å². The van der Waals surface area contributed by atoms with E-state index >= 15 is 0 Å². The summed E-state index contributed by atoms with van der Waals surface area (Å²) in [6.07, 6.45) is 1.45. The van der Waals surface area contributed by atoms with Crippen LogP contribution in [0, 0.1) is 20.2 Å². The number of non-ortho nitro benzene ring substituents is 1. The van der Waals surface area contributed by atoms with Gasteiger partial charge in [0.2, 0.25) is 0 Å². The van der Waals surface area contributed by atoms with Crippen molar-refractivity contribution >= 4 is 46.3 Å². The van der Waals surface area contributed by atoms with Crippen LogP contribution in [0.3, 0.4) is 0 Å². The van der Waals surface area contributed by atoms with Crippen LogP contribution in [0.5, 0.6) is 11.5 Å². The maximum atomic E-state index is 12.9. The van der Waals surface area contributed by atoms with Gasteiger partial charge in [-0.1, -0.05) is 24.3 Å². The minimum atomic E-state index is -0.762. The van der Waals surface area contributed by atoms with E-state index in [0.717, 1.165) is 4.90 Å². The lowest BCUT2D eigenvalue weighted by atomic mass is 10.1. The zero-order valence-electron chi connectivity index (χ0n) is 19.6. The van der Waals surface area contributed by atoms with Crippen molar-refractivity contribution in [1.82, 2.24) is 4.90 Å². The van der Waals surface area contributed by atoms with Crippen LogP contribution in [0.2, 0.25) is 0 Å². The van der Waals surface area contributed by atoms with Gasteiger partial charge in [0.25, 0.3) is 22.5 Å². The summed E-state index contributed by atoms with van der Waals surface area (Å²) < 4.78 is 10.6. The summed E-state index contributed by atoms with van der Waals surface area (Å²) in [5, 5.41) is 21.5. The SMILES string of the molecule is COc1cc(/C=C2\SC(=O)N(Cc3ccccc3[N+](=O)[O-])C2=O)ccc1OC(=O)c1ccc([N+](=O)[O-])cc1. The molecule has 1 aliphatic heterocycles. The second kappa shape index (κ2) is 10.9. The number of nitrogens with zero attached hydrogens (tertiary/aromatic N) is 3. The molecule has 13 heteroatoms. The predicted molar refractivity (Wildman–Crippen MR) is 136 cm³/mol. The number of para-hydroxylation sites is 1. The van der Waals surface area contributed by atoms with Crippen LogP contribution < -0.4 is 9.47 Å². The monoisotopic (exact) mass is 535 g/mol. The molecule has 3 aromatic rings. The number of rotatable bonds is 8. The van der Waals surface area contributed by atoms with E-state index < -0.39 is 27.0 Å². The summed E-state index contributed by atoms with van der Waals surface area (Å²) in [4.78, 5) is 59.8. The third kappa shape index (κ3) is 5.52. The number of ether oxygens (including phenoxy) is 2. The molecule has 2 amide bonds. The minimum absolute atomic E-state index is 0.0671. The first-order valence-corrected chi connectivity index (χ1v) is 11.6. The maximum Gasteiger partial charge on any atom is 0.343 e. The average Bonchev–Trinajstić information content (AvgIpc) is 3.16. The number of hydrogen-bond acceptors (Lipinski definition) is 10. The predicted octanol–water partition coefficient (Wildman–Crippen LogP) is 4.97. The number of thioether (sulfide) groups is 1. The van der Waals surface area contributed by atoms with Gasteiger partial charge in [0.05, 0.1) is 34.0 Å². The lowest BCUT2D eigenvalue weighted by Crippen LogP contribution is -2.27. The number of methoxy groups -OCH3 is 1. The van der Waals surface area contributed by atoms with Crippen molar-refractivity contribution in [1.29, 1.82) is 0 Å². The Morgan fingerprint density at radius 3 is 2.34 bits per heavy atom. The van der Waals surface area contributed by atoms with Gasteiger partial charge in [-0.2, -0.15) is 0 Å². The van der Waals surface area contributed by atoms with Gasteiger partial charge in [-0.15, -0.1) is 0 Å². The van der Waals surface area contributed by atoms with Crippen LogP contribution in [-0.2, 0) is 11.3 Å². The third-order valence-corrected chi connectivity index (χ3v) is 6.30. The van der Waals surface area contributed by atoms with E-state index in [-0.39, 0.29) is 45.5 Å². The van der Waals surface area contributed by atoms with E-state index in [4.69, 9.17) is 9.47 Å². The second-order valence-corrected chi connectivity index (χ2v) is 8.75. The van der Waals surface area contributed by atoms with Crippen LogP contribution in [0.25, 0.3) is 6.08 Å². The van der Waals surface area contributed by atoms with Gasteiger partial charge in [-0.25, -0.2) is 4.79 Å². The van der Waals surface area contributed by atoms with Crippen LogP contribution in [0.1, 0.15) is 21.5 Å². The molecule has 1 aliphatic rings. The molecule has 0 radical (unpaired) electrons. The third-order valence-electron chi connectivity index (χ3n) is 5.39. The minimum Gasteiger partial charge on any atom is -0.493 e. The molecule has 192 valence electrons. The standard InChI is InChI=1S/C25H17N3O9S/c1-36-21-12-15(6-11-20(21)37-24(30)16-7-9-18(10-8-16)27(32)33)13-22-23(29)26(25(31)38-22)14-17-4-2-3-5-19(17)28(34)35/h2-13H,14H2,1H3/b22-13-. The van der Waals surface area contributed by atoms with Gasteiger partial charge in [-0.05, 0) is 47.7 Å². The number of benzene rings is 3. The average molecular weight is 535 g/mol. The van der Waals surface area contributed by atoms with Crippen LogP contribution >= 0.6 is 11.8 Å². The normalized spacial score (nSPS) is 14.0. The molecule has 4 rings (SSSR count). The molecule has 12 nitrogen and oxygen atoms in total. The largest absolute Gasteiger partial charge is 0.493 e. The first-order chi connectivity index (χ1) is 18.2. The Morgan fingerprint density at radius 2 is 1.68 bits per heavy atom. The van der Waals surface area contributed by atoms with E-state index in [1.165, 1.54) is 73.8 Å². The molecule has 0 spiro atoms. The maximum absolute atomic E-state index is 12.9. The van der Waals surface area contributed by atoms with Crippen LogP contribution in [0.15, 0.2) is 71.6 Å². The lowest BCUT2D eigenvalue weighted by molar-refractivity contribution is -0.385. The van der Waals surface area contributed by atoms with Gasteiger partial charge in [0.15, 0.2) is 11.5 Å². The number of nitro benzene ring substituents is 2. The molecule has 1 heterocycles.